The van der Waals surface area contributed by atoms with Crippen molar-refractivity contribution in [1.82, 2.24) is 24.9 Å². The zero-order valence-electron chi connectivity index (χ0n) is 33.3. The molecule has 15 nitrogen and oxygen atoms in total. The van der Waals surface area contributed by atoms with Crippen LogP contribution in [0.4, 0.5) is 9.59 Å². The number of benzene rings is 2. The zero-order chi connectivity index (χ0) is 40.6. The fourth-order valence-electron chi connectivity index (χ4n) is 5.63. The van der Waals surface area contributed by atoms with E-state index in [4.69, 9.17) is 18.9 Å². The molecular weight excluding hydrogens is 710 g/mol. The third-order valence-electron chi connectivity index (χ3n) is 8.47. The molecular formula is C40H59N5O10. The van der Waals surface area contributed by atoms with E-state index < -0.39 is 53.4 Å². The molecule has 0 bridgehead atoms. The Morgan fingerprint density at radius 3 is 1.64 bits per heavy atom. The van der Waals surface area contributed by atoms with Gasteiger partial charge in [-0.15, -0.1) is 0 Å². The Labute approximate surface area is 324 Å². The van der Waals surface area contributed by atoms with Gasteiger partial charge in [0.2, 0.25) is 6.04 Å². The standard InChI is InChI=1S/C40H59N5O10/c1-30-26-45(38(51)55-40(5,6)7)23-21-42(20-22-43(37(50)54-39(2,3)4)24-25-44(30)27-33(46)47)19-18-41-34(35(48)52-28-31-14-10-8-11-15-31)36(49)53-29-32-16-12-9-13-17-32/h8-17,30,34,41H,18-29H2,1-7H3,(H,46,47). The van der Waals surface area contributed by atoms with Gasteiger partial charge in [-0.2, -0.15) is 0 Å². The fourth-order valence-corrected chi connectivity index (χ4v) is 5.63. The minimum atomic E-state index is -1.42. The van der Waals surface area contributed by atoms with Gasteiger partial charge in [-0.1, -0.05) is 60.7 Å². The highest BCUT2D eigenvalue weighted by molar-refractivity contribution is 5.99. The summed E-state index contributed by atoms with van der Waals surface area (Å²) < 4.78 is 22.5. The fraction of sp³-hybridized carbons (Fsp3) is 0.575. The van der Waals surface area contributed by atoms with Gasteiger partial charge in [0.1, 0.15) is 24.4 Å². The molecule has 0 saturated carbocycles. The highest BCUT2D eigenvalue weighted by atomic mass is 16.6. The molecule has 1 saturated heterocycles. The Kier molecular flexibility index (Phi) is 17.4. The Morgan fingerprint density at radius 2 is 1.16 bits per heavy atom. The minimum absolute atomic E-state index is 0.0285. The van der Waals surface area contributed by atoms with Crippen LogP contribution in [-0.2, 0) is 46.5 Å². The molecule has 15 heteroatoms. The van der Waals surface area contributed by atoms with Crippen molar-refractivity contribution in [3.05, 3.63) is 71.8 Å². The summed E-state index contributed by atoms with van der Waals surface area (Å²) in [4.78, 5) is 72.2. The van der Waals surface area contributed by atoms with Gasteiger partial charge < -0.3 is 33.9 Å². The number of hydrogen-bond acceptors (Lipinski definition) is 12. The van der Waals surface area contributed by atoms with Crippen molar-refractivity contribution in [3.63, 3.8) is 0 Å². The van der Waals surface area contributed by atoms with Gasteiger partial charge in [0.05, 0.1) is 6.54 Å². The smallest absolute Gasteiger partial charge is 0.410 e. The van der Waals surface area contributed by atoms with Crippen molar-refractivity contribution in [2.75, 3.05) is 65.4 Å². The number of carbonyl (C=O) groups is 5. The summed E-state index contributed by atoms with van der Waals surface area (Å²) in [5.41, 5.74) is -0.000211. The van der Waals surface area contributed by atoms with Crippen LogP contribution in [0.15, 0.2) is 60.7 Å². The highest BCUT2D eigenvalue weighted by Gasteiger charge is 2.32. The predicted octanol–water partition coefficient (Wildman–Crippen LogP) is 4.00. The predicted molar refractivity (Wildman–Crippen MR) is 205 cm³/mol. The van der Waals surface area contributed by atoms with Crippen LogP contribution in [0.1, 0.15) is 59.6 Å². The zero-order valence-corrected chi connectivity index (χ0v) is 33.3. The van der Waals surface area contributed by atoms with Gasteiger partial charge in [-0.05, 0) is 59.6 Å². The number of carboxylic acids is 1. The third-order valence-corrected chi connectivity index (χ3v) is 8.47. The average Bonchev–Trinajstić information content (AvgIpc) is 3.10. The topological polar surface area (TPSA) is 167 Å². The largest absolute Gasteiger partial charge is 0.480 e. The monoisotopic (exact) mass is 769 g/mol. The molecule has 304 valence electrons. The first-order chi connectivity index (χ1) is 25.9. The molecule has 3 rings (SSSR count). The molecule has 2 amide bonds. The number of aliphatic carboxylic acids is 1. The molecule has 1 atom stereocenters. The molecule has 1 heterocycles. The number of carbonyl (C=O) groups excluding carboxylic acids is 4. The van der Waals surface area contributed by atoms with Crippen LogP contribution in [0.2, 0.25) is 0 Å². The van der Waals surface area contributed by atoms with Crippen LogP contribution in [0, 0.1) is 0 Å². The van der Waals surface area contributed by atoms with Crippen molar-refractivity contribution < 1.29 is 48.0 Å². The van der Waals surface area contributed by atoms with Crippen LogP contribution in [0.25, 0.3) is 0 Å². The molecule has 2 aromatic rings. The van der Waals surface area contributed by atoms with Crippen molar-refractivity contribution in [2.45, 2.75) is 85.0 Å². The molecule has 1 aliphatic rings. The number of nitrogens with zero attached hydrogens (tertiary/aromatic N) is 4. The van der Waals surface area contributed by atoms with Crippen LogP contribution >= 0.6 is 0 Å². The SMILES string of the molecule is CC1CN(C(=O)OC(C)(C)C)CCN(CCNC(C(=O)OCc2ccccc2)C(=O)OCc2ccccc2)CCN(C(=O)OC(C)(C)C)CCN1CC(=O)O. The summed E-state index contributed by atoms with van der Waals surface area (Å²) >= 11 is 0. The van der Waals surface area contributed by atoms with Crippen LogP contribution in [0.3, 0.4) is 0 Å². The van der Waals surface area contributed by atoms with Crippen molar-refractivity contribution in [1.29, 1.82) is 0 Å². The van der Waals surface area contributed by atoms with E-state index in [0.717, 1.165) is 11.1 Å². The van der Waals surface area contributed by atoms with Crippen LogP contribution in [0.5, 0.6) is 0 Å². The Morgan fingerprint density at radius 1 is 0.709 bits per heavy atom. The maximum absolute atomic E-state index is 13.4. The normalized spacial score (nSPS) is 16.8. The summed E-state index contributed by atoms with van der Waals surface area (Å²) in [5, 5.41) is 12.7. The quantitative estimate of drug-likeness (QED) is 0.181. The first kappa shape index (κ1) is 44.7. The first-order valence-corrected chi connectivity index (χ1v) is 18.7. The minimum Gasteiger partial charge on any atom is -0.480 e. The third kappa shape index (κ3) is 17.1. The summed E-state index contributed by atoms with van der Waals surface area (Å²) in [5.74, 6) is -2.61. The van der Waals surface area contributed by atoms with Gasteiger partial charge in [0.25, 0.3) is 0 Å². The van der Waals surface area contributed by atoms with Crippen molar-refractivity contribution in [2.24, 2.45) is 0 Å². The van der Waals surface area contributed by atoms with Gasteiger partial charge in [-0.3, -0.25) is 19.9 Å². The Hall–Kier alpha value is -4.73. The van der Waals surface area contributed by atoms with E-state index in [2.05, 4.69) is 5.32 Å². The Bertz CT molecular complexity index is 1470. The summed E-state index contributed by atoms with van der Waals surface area (Å²) in [6, 6.07) is 16.4. The van der Waals surface area contributed by atoms with E-state index in [9.17, 15) is 29.1 Å². The van der Waals surface area contributed by atoms with Crippen LogP contribution in [-0.4, -0.2) is 144 Å². The molecule has 55 heavy (non-hydrogen) atoms. The van der Waals surface area contributed by atoms with E-state index in [1.807, 2.05) is 72.5 Å². The summed E-state index contributed by atoms with van der Waals surface area (Å²) in [7, 11) is 0. The van der Waals surface area contributed by atoms with E-state index in [-0.39, 0.29) is 59.0 Å². The number of hydrogen-bond donors (Lipinski definition) is 2. The number of carboxylic acid groups (broad SMARTS) is 1. The molecule has 1 fully saturated rings. The highest BCUT2D eigenvalue weighted by Crippen LogP contribution is 2.15. The first-order valence-electron chi connectivity index (χ1n) is 18.7. The molecule has 0 aromatic heterocycles. The maximum Gasteiger partial charge on any atom is 0.410 e. The lowest BCUT2D eigenvalue weighted by molar-refractivity contribution is -0.160. The lowest BCUT2D eigenvalue weighted by Crippen LogP contribution is -2.54. The number of esters is 2. The molecule has 0 spiro atoms. The summed E-state index contributed by atoms with van der Waals surface area (Å²) in [6.45, 7) is 14.2. The Balaban J connectivity index is 1.82. The van der Waals surface area contributed by atoms with E-state index in [1.165, 1.54) is 0 Å². The second-order valence-electron chi connectivity index (χ2n) is 15.5. The number of amides is 2. The number of nitrogens with one attached hydrogen (secondary N) is 1. The lowest BCUT2D eigenvalue weighted by atomic mass is 10.2. The van der Waals surface area contributed by atoms with Gasteiger partial charge in [0.15, 0.2) is 0 Å². The molecule has 2 N–H and O–H groups in total. The molecule has 2 aromatic carbocycles. The van der Waals surface area contributed by atoms with E-state index in [1.54, 1.807) is 56.2 Å². The van der Waals surface area contributed by atoms with Gasteiger partial charge in [-0.25, -0.2) is 19.2 Å². The number of ether oxygens (including phenoxy) is 4. The average molecular weight is 770 g/mol. The van der Waals surface area contributed by atoms with Crippen molar-refractivity contribution >= 4 is 30.1 Å². The van der Waals surface area contributed by atoms with E-state index >= 15 is 0 Å². The second-order valence-corrected chi connectivity index (χ2v) is 15.5. The van der Waals surface area contributed by atoms with Gasteiger partial charge >= 0.3 is 30.1 Å². The van der Waals surface area contributed by atoms with Crippen molar-refractivity contribution in [3.8, 4) is 0 Å². The molecule has 0 radical (unpaired) electrons. The molecule has 1 aliphatic heterocycles. The molecule has 0 aliphatic carbocycles. The maximum atomic E-state index is 13.4. The second kappa shape index (κ2) is 21.4. The van der Waals surface area contributed by atoms with Crippen LogP contribution < -0.4 is 5.32 Å². The summed E-state index contributed by atoms with van der Waals surface area (Å²) in [6.07, 6.45) is -1.08. The number of rotatable bonds is 12. The van der Waals surface area contributed by atoms with Gasteiger partial charge in [0, 0.05) is 64.9 Å². The van der Waals surface area contributed by atoms with E-state index in [0.29, 0.717) is 19.6 Å². The lowest BCUT2D eigenvalue weighted by Gasteiger charge is -2.37. The molecule has 1 unspecified atom stereocenters.